The molecule has 2 rings (SSSR count). The van der Waals surface area contributed by atoms with Crippen molar-refractivity contribution in [3.63, 3.8) is 0 Å². The van der Waals surface area contributed by atoms with Crippen LogP contribution in [0, 0.1) is 11.8 Å². The molecule has 2 fully saturated rings. The van der Waals surface area contributed by atoms with Gasteiger partial charge in [0.25, 0.3) is 0 Å². The number of piperidine rings is 1. The molecule has 20 heavy (non-hydrogen) atoms. The fourth-order valence-electron chi connectivity index (χ4n) is 3.93. The van der Waals surface area contributed by atoms with Gasteiger partial charge in [-0.05, 0) is 51.7 Å². The lowest BCUT2D eigenvalue weighted by molar-refractivity contribution is 0.0141. The summed E-state index contributed by atoms with van der Waals surface area (Å²) in [6.07, 6.45) is 6.15. The first-order valence-electron chi connectivity index (χ1n) is 8.11. The van der Waals surface area contributed by atoms with Gasteiger partial charge >= 0.3 is 0 Å². The number of hydrogen-bond donors (Lipinski definition) is 2. The molecule has 118 valence electrons. The maximum absolute atomic E-state index is 10.4. The van der Waals surface area contributed by atoms with E-state index in [1.807, 2.05) is 6.92 Å². The quantitative estimate of drug-likeness (QED) is 0.788. The number of rotatable bonds is 6. The van der Waals surface area contributed by atoms with Crippen LogP contribution in [0.2, 0.25) is 0 Å². The number of fused-ring (bicyclic) bond motifs is 2. The summed E-state index contributed by atoms with van der Waals surface area (Å²) in [6.45, 7) is 9.77. The predicted octanol–water partition coefficient (Wildman–Crippen LogP) is 2.20. The Morgan fingerprint density at radius 3 is 2.40 bits per heavy atom. The van der Waals surface area contributed by atoms with Gasteiger partial charge in [0.05, 0.1) is 5.60 Å². The van der Waals surface area contributed by atoms with E-state index >= 15 is 0 Å². The molecule has 1 saturated heterocycles. The first kappa shape index (κ1) is 16.6. The molecule has 2 N–H and O–H groups in total. The minimum Gasteiger partial charge on any atom is -0.388 e. The molecule has 0 aromatic heterocycles. The summed E-state index contributed by atoms with van der Waals surface area (Å²) in [7, 11) is 0. The molecule has 3 unspecified atom stereocenters. The first-order valence-corrected chi connectivity index (χ1v) is 9.51. The topological polar surface area (TPSA) is 35.5 Å². The standard InChI is InChI=1S/C16H32N2OS/c1-12(2)18-8-13-6-5-7-14(9-18)15(13)17-10-16(3,19)11-20-4/h12-15,17,19H,5-11H2,1-4H3. The molecule has 0 radical (unpaired) electrons. The molecule has 1 heterocycles. The van der Waals surface area contributed by atoms with Crippen molar-refractivity contribution in [1.29, 1.82) is 0 Å². The van der Waals surface area contributed by atoms with Crippen molar-refractivity contribution in [2.24, 2.45) is 11.8 Å². The van der Waals surface area contributed by atoms with Crippen molar-refractivity contribution < 1.29 is 5.11 Å². The highest BCUT2D eigenvalue weighted by Crippen LogP contribution is 2.35. The Hall–Kier alpha value is 0.230. The monoisotopic (exact) mass is 300 g/mol. The fourth-order valence-corrected chi connectivity index (χ4v) is 4.65. The molecule has 0 amide bonds. The van der Waals surface area contributed by atoms with Crippen LogP contribution in [0.25, 0.3) is 0 Å². The molecule has 2 bridgehead atoms. The van der Waals surface area contributed by atoms with E-state index < -0.39 is 5.60 Å². The van der Waals surface area contributed by atoms with Crippen molar-refractivity contribution in [3.8, 4) is 0 Å². The zero-order chi connectivity index (χ0) is 14.8. The molecule has 0 spiro atoms. The second kappa shape index (κ2) is 6.99. The highest BCUT2D eigenvalue weighted by Gasteiger charge is 2.40. The summed E-state index contributed by atoms with van der Waals surface area (Å²) in [5, 5.41) is 14.1. The van der Waals surface area contributed by atoms with Gasteiger partial charge in [0.15, 0.2) is 0 Å². The lowest BCUT2D eigenvalue weighted by atomic mass is 9.73. The van der Waals surface area contributed by atoms with Crippen molar-refractivity contribution >= 4 is 11.8 Å². The number of likely N-dealkylation sites (tertiary alicyclic amines) is 1. The Labute approximate surface area is 128 Å². The van der Waals surface area contributed by atoms with E-state index in [4.69, 9.17) is 0 Å². The minimum atomic E-state index is -0.580. The third-order valence-corrected chi connectivity index (χ3v) is 5.92. The summed E-state index contributed by atoms with van der Waals surface area (Å²) in [6, 6.07) is 1.28. The van der Waals surface area contributed by atoms with Crippen molar-refractivity contribution in [2.75, 3.05) is 31.6 Å². The third-order valence-electron chi connectivity index (χ3n) is 5.01. The van der Waals surface area contributed by atoms with Gasteiger partial charge in [-0.15, -0.1) is 0 Å². The first-order chi connectivity index (χ1) is 9.43. The van der Waals surface area contributed by atoms with Gasteiger partial charge in [0, 0.05) is 37.5 Å². The average Bonchev–Trinajstić information content (AvgIpc) is 2.35. The number of thioether (sulfide) groups is 1. The fraction of sp³-hybridized carbons (Fsp3) is 1.00. The summed E-state index contributed by atoms with van der Waals surface area (Å²) in [4.78, 5) is 2.65. The second-order valence-corrected chi connectivity index (χ2v) is 8.20. The van der Waals surface area contributed by atoms with Crippen LogP contribution in [0.15, 0.2) is 0 Å². The predicted molar refractivity (Wildman–Crippen MR) is 88.3 cm³/mol. The Kier molecular flexibility index (Phi) is 5.80. The van der Waals surface area contributed by atoms with Gasteiger partial charge in [-0.1, -0.05) is 6.42 Å². The van der Waals surface area contributed by atoms with Crippen LogP contribution in [0.4, 0.5) is 0 Å². The van der Waals surface area contributed by atoms with Crippen molar-refractivity contribution in [2.45, 2.75) is 57.7 Å². The maximum atomic E-state index is 10.4. The van der Waals surface area contributed by atoms with Crippen LogP contribution in [-0.4, -0.2) is 59.3 Å². The molecule has 2 aliphatic rings. The summed E-state index contributed by atoms with van der Waals surface area (Å²) in [5.41, 5.74) is -0.580. The summed E-state index contributed by atoms with van der Waals surface area (Å²) >= 11 is 1.72. The summed E-state index contributed by atoms with van der Waals surface area (Å²) < 4.78 is 0. The van der Waals surface area contributed by atoms with Gasteiger partial charge in [-0.2, -0.15) is 11.8 Å². The van der Waals surface area contributed by atoms with Crippen LogP contribution >= 0.6 is 11.8 Å². The van der Waals surface area contributed by atoms with E-state index in [9.17, 15) is 5.11 Å². The van der Waals surface area contributed by atoms with E-state index in [1.54, 1.807) is 11.8 Å². The van der Waals surface area contributed by atoms with Crippen molar-refractivity contribution in [3.05, 3.63) is 0 Å². The van der Waals surface area contributed by atoms with Gasteiger partial charge in [-0.3, -0.25) is 0 Å². The van der Waals surface area contributed by atoms with E-state index in [0.29, 0.717) is 12.1 Å². The number of aliphatic hydroxyl groups is 1. The normalized spacial score (nSPS) is 34.2. The zero-order valence-electron chi connectivity index (χ0n) is 13.6. The Morgan fingerprint density at radius 2 is 1.90 bits per heavy atom. The number of hydrogen-bond acceptors (Lipinski definition) is 4. The van der Waals surface area contributed by atoms with Gasteiger partial charge < -0.3 is 15.3 Å². The average molecular weight is 301 g/mol. The van der Waals surface area contributed by atoms with Crippen LogP contribution in [0.5, 0.6) is 0 Å². The van der Waals surface area contributed by atoms with E-state index in [1.165, 1.54) is 32.4 Å². The SMILES string of the molecule is CSCC(C)(O)CNC1C2CCCC1CN(C(C)C)C2. The van der Waals surface area contributed by atoms with E-state index in [2.05, 4.69) is 30.3 Å². The Balaban J connectivity index is 1.92. The number of nitrogens with zero attached hydrogens (tertiary/aromatic N) is 1. The lowest BCUT2D eigenvalue weighted by Crippen LogP contribution is -2.60. The van der Waals surface area contributed by atoms with E-state index in [0.717, 1.165) is 24.1 Å². The smallest absolute Gasteiger partial charge is 0.0833 e. The molecular weight excluding hydrogens is 268 g/mol. The molecule has 1 saturated carbocycles. The van der Waals surface area contributed by atoms with Crippen LogP contribution in [0.3, 0.4) is 0 Å². The lowest BCUT2D eigenvalue weighted by Gasteiger charge is -2.49. The van der Waals surface area contributed by atoms with Gasteiger partial charge in [0.1, 0.15) is 0 Å². The third kappa shape index (κ3) is 4.12. The second-order valence-electron chi connectivity index (χ2n) is 7.34. The summed E-state index contributed by atoms with van der Waals surface area (Å²) in [5.74, 6) is 2.35. The molecule has 1 aliphatic heterocycles. The number of nitrogens with one attached hydrogen (secondary N) is 1. The van der Waals surface area contributed by atoms with Crippen LogP contribution in [-0.2, 0) is 0 Å². The van der Waals surface area contributed by atoms with Crippen LogP contribution < -0.4 is 5.32 Å². The molecule has 3 atom stereocenters. The van der Waals surface area contributed by atoms with Crippen molar-refractivity contribution in [1.82, 2.24) is 10.2 Å². The van der Waals surface area contributed by atoms with E-state index in [-0.39, 0.29) is 0 Å². The molecule has 0 aromatic rings. The highest BCUT2D eigenvalue weighted by atomic mass is 32.2. The minimum absolute atomic E-state index is 0.580. The molecule has 4 heteroatoms. The molecular formula is C16H32N2OS. The maximum Gasteiger partial charge on any atom is 0.0833 e. The van der Waals surface area contributed by atoms with Gasteiger partial charge in [0.2, 0.25) is 0 Å². The largest absolute Gasteiger partial charge is 0.388 e. The van der Waals surface area contributed by atoms with Crippen LogP contribution in [0.1, 0.15) is 40.0 Å². The zero-order valence-corrected chi connectivity index (χ0v) is 14.4. The molecule has 3 nitrogen and oxygen atoms in total. The molecule has 0 aromatic carbocycles. The Bertz CT molecular complexity index is 295. The Morgan fingerprint density at radius 1 is 1.30 bits per heavy atom. The highest BCUT2D eigenvalue weighted by molar-refractivity contribution is 7.98. The molecule has 1 aliphatic carbocycles. The van der Waals surface area contributed by atoms with Gasteiger partial charge in [-0.25, -0.2) is 0 Å².